The van der Waals surface area contributed by atoms with Crippen LogP contribution in [0.3, 0.4) is 0 Å². The molecule has 2 heterocycles. The summed E-state index contributed by atoms with van der Waals surface area (Å²) in [4.78, 5) is 8.51. The van der Waals surface area contributed by atoms with Gasteiger partial charge in [0.1, 0.15) is 12.2 Å². The first-order chi connectivity index (χ1) is 8.76. The van der Waals surface area contributed by atoms with Gasteiger partial charge in [-0.25, -0.2) is 9.97 Å². The molecule has 0 amide bonds. The first-order valence-electron chi connectivity index (χ1n) is 6.32. The molecule has 0 aromatic carbocycles. The molecule has 0 saturated heterocycles. The number of imidazole rings is 1. The van der Waals surface area contributed by atoms with Crippen LogP contribution < -0.4 is 5.32 Å². The number of nitrogens with zero attached hydrogens (tertiary/aromatic N) is 5. The number of nitrogens with one attached hydrogen (secondary N) is 1. The molecule has 0 saturated carbocycles. The summed E-state index contributed by atoms with van der Waals surface area (Å²) >= 11 is 0. The number of hydrogen-bond acceptors (Lipinski definition) is 4. The molecule has 1 unspecified atom stereocenters. The van der Waals surface area contributed by atoms with Crippen LogP contribution in [0.1, 0.15) is 31.4 Å². The Balaban J connectivity index is 2.19. The van der Waals surface area contributed by atoms with Crippen LogP contribution in [0.15, 0.2) is 18.9 Å². The molecular formula is C12H20N6. The molecule has 0 aliphatic carbocycles. The van der Waals surface area contributed by atoms with E-state index in [1.54, 1.807) is 6.33 Å². The van der Waals surface area contributed by atoms with Crippen LogP contribution in [-0.2, 0) is 20.0 Å². The summed E-state index contributed by atoms with van der Waals surface area (Å²) < 4.78 is 3.97. The van der Waals surface area contributed by atoms with E-state index in [9.17, 15) is 0 Å². The van der Waals surface area contributed by atoms with Crippen LogP contribution in [0.5, 0.6) is 0 Å². The fourth-order valence-electron chi connectivity index (χ4n) is 2.12. The highest BCUT2D eigenvalue weighted by Crippen LogP contribution is 2.16. The molecule has 0 aliphatic rings. The second-order valence-corrected chi connectivity index (χ2v) is 4.24. The lowest BCUT2D eigenvalue weighted by Gasteiger charge is -2.18. The predicted molar refractivity (Wildman–Crippen MR) is 69.0 cm³/mol. The monoisotopic (exact) mass is 248 g/mol. The van der Waals surface area contributed by atoms with Crippen LogP contribution in [0.4, 0.5) is 0 Å². The van der Waals surface area contributed by atoms with Crippen molar-refractivity contribution in [3.05, 3.63) is 30.4 Å². The lowest BCUT2D eigenvalue weighted by atomic mass is 10.1. The summed E-state index contributed by atoms with van der Waals surface area (Å²) in [5.74, 6) is 1.00. The van der Waals surface area contributed by atoms with Crippen LogP contribution in [0.25, 0.3) is 0 Å². The largest absolute Gasteiger partial charge is 0.336 e. The van der Waals surface area contributed by atoms with Gasteiger partial charge >= 0.3 is 0 Å². The molecule has 0 radical (unpaired) electrons. The molecule has 2 aromatic rings. The Morgan fingerprint density at radius 2 is 2.22 bits per heavy atom. The Morgan fingerprint density at radius 1 is 1.39 bits per heavy atom. The molecule has 18 heavy (non-hydrogen) atoms. The molecule has 98 valence electrons. The molecule has 0 aliphatic heterocycles. The van der Waals surface area contributed by atoms with Crippen molar-refractivity contribution in [2.24, 2.45) is 7.05 Å². The van der Waals surface area contributed by atoms with E-state index in [0.29, 0.717) is 0 Å². The maximum Gasteiger partial charge on any atom is 0.138 e. The van der Waals surface area contributed by atoms with Gasteiger partial charge in [0.25, 0.3) is 0 Å². The number of hydrogen-bond donors (Lipinski definition) is 1. The zero-order valence-corrected chi connectivity index (χ0v) is 11.2. The molecule has 0 spiro atoms. The third-order valence-electron chi connectivity index (χ3n) is 3.04. The Morgan fingerprint density at radius 3 is 2.83 bits per heavy atom. The van der Waals surface area contributed by atoms with Gasteiger partial charge in [-0.15, -0.1) is 0 Å². The highest BCUT2D eigenvalue weighted by molar-refractivity contribution is 5.08. The summed E-state index contributed by atoms with van der Waals surface area (Å²) in [6.07, 6.45) is 6.16. The van der Waals surface area contributed by atoms with Crippen LogP contribution in [-0.4, -0.2) is 30.9 Å². The van der Waals surface area contributed by atoms with Crippen LogP contribution >= 0.6 is 0 Å². The van der Waals surface area contributed by atoms with Gasteiger partial charge < -0.3 is 9.88 Å². The maximum absolute atomic E-state index is 4.33. The fourth-order valence-corrected chi connectivity index (χ4v) is 2.12. The average Bonchev–Trinajstić information content (AvgIpc) is 2.97. The van der Waals surface area contributed by atoms with Gasteiger partial charge in [0.2, 0.25) is 0 Å². The summed E-state index contributed by atoms with van der Waals surface area (Å²) in [5.41, 5.74) is 1.17. The third kappa shape index (κ3) is 2.59. The molecule has 6 nitrogen and oxygen atoms in total. The van der Waals surface area contributed by atoms with Gasteiger partial charge in [-0.2, -0.15) is 5.10 Å². The van der Waals surface area contributed by atoms with Crippen molar-refractivity contribution in [1.82, 2.24) is 29.6 Å². The van der Waals surface area contributed by atoms with Gasteiger partial charge in [0.15, 0.2) is 0 Å². The van der Waals surface area contributed by atoms with Crippen molar-refractivity contribution in [3.63, 3.8) is 0 Å². The fraction of sp³-hybridized carbons (Fsp3) is 0.583. The molecule has 0 fully saturated rings. The van der Waals surface area contributed by atoms with E-state index in [-0.39, 0.29) is 6.04 Å². The lowest BCUT2D eigenvalue weighted by Crippen LogP contribution is -2.26. The van der Waals surface area contributed by atoms with Gasteiger partial charge in [0.05, 0.1) is 18.1 Å². The van der Waals surface area contributed by atoms with E-state index in [1.807, 2.05) is 28.8 Å². The molecule has 0 bridgehead atoms. The van der Waals surface area contributed by atoms with Gasteiger partial charge in [-0.3, -0.25) is 4.68 Å². The molecule has 1 atom stereocenters. The van der Waals surface area contributed by atoms with Gasteiger partial charge in [0, 0.05) is 26.2 Å². The first-order valence-corrected chi connectivity index (χ1v) is 6.32. The minimum Gasteiger partial charge on any atom is -0.336 e. The van der Waals surface area contributed by atoms with Crippen molar-refractivity contribution in [2.75, 3.05) is 6.54 Å². The zero-order chi connectivity index (χ0) is 13.0. The van der Waals surface area contributed by atoms with Crippen LogP contribution in [0.2, 0.25) is 0 Å². The topological polar surface area (TPSA) is 60.6 Å². The van der Waals surface area contributed by atoms with E-state index in [4.69, 9.17) is 0 Å². The second-order valence-electron chi connectivity index (χ2n) is 4.24. The number of aromatic nitrogens is 5. The summed E-state index contributed by atoms with van der Waals surface area (Å²) in [5, 5.41) is 7.68. The Hall–Kier alpha value is -1.69. The second kappa shape index (κ2) is 5.77. The minimum absolute atomic E-state index is 0.219. The van der Waals surface area contributed by atoms with Gasteiger partial charge in [-0.1, -0.05) is 6.92 Å². The maximum atomic E-state index is 4.33. The Labute approximate surface area is 107 Å². The lowest BCUT2D eigenvalue weighted by molar-refractivity contribution is 0.489. The summed E-state index contributed by atoms with van der Waals surface area (Å²) in [6.45, 7) is 5.94. The summed E-state index contributed by atoms with van der Waals surface area (Å²) in [7, 11) is 2.01. The van der Waals surface area contributed by atoms with Crippen molar-refractivity contribution in [3.8, 4) is 0 Å². The molecule has 6 heteroatoms. The van der Waals surface area contributed by atoms with E-state index in [1.165, 1.54) is 5.69 Å². The van der Waals surface area contributed by atoms with E-state index < -0.39 is 0 Å². The predicted octanol–water partition coefficient (Wildman–Crippen LogP) is 0.925. The Bertz CT molecular complexity index is 486. The standard InChI is InChI=1S/C12H20N6/c1-4-14-10(11-7-13-9-17(11)3)6-12-15-8-16-18(12)5-2/h7-10,14H,4-6H2,1-3H3. The SMILES string of the molecule is CCNC(Cc1ncnn1CC)c1cncn1C. The molecular weight excluding hydrogens is 228 g/mol. The molecule has 2 aromatic heterocycles. The van der Waals surface area contributed by atoms with Crippen molar-refractivity contribution in [1.29, 1.82) is 0 Å². The molecule has 2 rings (SSSR count). The number of rotatable bonds is 6. The number of likely N-dealkylation sites (N-methyl/N-ethyl adjacent to an activating group) is 1. The van der Waals surface area contributed by atoms with Crippen molar-refractivity contribution < 1.29 is 0 Å². The smallest absolute Gasteiger partial charge is 0.138 e. The van der Waals surface area contributed by atoms with Crippen LogP contribution in [0, 0.1) is 0 Å². The highest BCUT2D eigenvalue weighted by Gasteiger charge is 2.17. The third-order valence-corrected chi connectivity index (χ3v) is 3.04. The summed E-state index contributed by atoms with van der Waals surface area (Å²) in [6, 6.07) is 0.219. The quantitative estimate of drug-likeness (QED) is 0.826. The number of aryl methyl sites for hydroxylation is 2. The van der Waals surface area contributed by atoms with Gasteiger partial charge in [-0.05, 0) is 13.5 Å². The van der Waals surface area contributed by atoms with E-state index in [0.717, 1.165) is 25.3 Å². The highest BCUT2D eigenvalue weighted by atomic mass is 15.3. The first kappa shape index (κ1) is 12.8. The normalized spacial score (nSPS) is 12.8. The van der Waals surface area contributed by atoms with E-state index in [2.05, 4.69) is 34.2 Å². The molecule has 1 N–H and O–H groups in total. The Kier molecular flexibility index (Phi) is 4.09. The van der Waals surface area contributed by atoms with Crippen molar-refractivity contribution >= 4 is 0 Å². The zero-order valence-electron chi connectivity index (χ0n) is 11.2. The van der Waals surface area contributed by atoms with E-state index >= 15 is 0 Å². The van der Waals surface area contributed by atoms with Crippen molar-refractivity contribution in [2.45, 2.75) is 32.9 Å². The minimum atomic E-state index is 0.219. The average molecular weight is 248 g/mol.